The molecule has 0 atom stereocenters. The summed E-state index contributed by atoms with van der Waals surface area (Å²) in [5.74, 6) is -0.480. The van der Waals surface area contributed by atoms with Gasteiger partial charge in [0, 0.05) is 17.3 Å². The Kier molecular flexibility index (Phi) is 3.78. The van der Waals surface area contributed by atoms with Crippen molar-refractivity contribution in [1.82, 2.24) is 9.97 Å². The van der Waals surface area contributed by atoms with Gasteiger partial charge in [-0.1, -0.05) is 11.8 Å². The van der Waals surface area contributed by atoms with Crippen LogP contribution in [-0.2, 0) is 4.74 Å². The normalized spacial score (nSPS) is 10.1. The summed E-state index contributed by atoms with van der Waals surface area (Å²) in [5, 5.41) is 0.573. The Morgan fingerprint density at radius 3 is 2.67 bits per heavy atom. The zero-order valence-corrected chi connectivity index (χ0v) is 10.5. The number of hydrogen-bond donors (Lipinski definition) is 1. The predicted molar refractivity (Wildman–Crippen MR) is 68.3 cm³/mol. The first-order chi connectivity index (χ1) is 8.70. The van der Waals surface area contributed by atoms with Crippen LogP contribution in [-0.4, -0.2) is 23.0 Å². The fourth-order valence-electron chi connectivity index (χ4n) is 1.27. The molecule has 6 heteroatoms. The van der Waals surface area contributed by atoms with Gasteiger partial charge in [0.1, 0.15) is 10.7 Å². The first kappa shape index (κ1) is 12.4. The van der Waals surface area contributed by atoms with E-state index in [1.807, 2.05) is 12.1 Å². The van der Waals surface area contributed by atoms with E-state index in [2.05, 4.69) is 14.7 Å². The molecule has 2 aromatic rings. The molecule has 92 valence electrons. The molecule has 0 saturated heterocycles. The van der Waals surface area contributed by atoms with E-state index < -0.39 is 5.97 Å². The van der Waals surface area contributed by atoms with E-state index >= 15 is 0 Å². The molecule has 0 aliphatic carbocycles. The third-order valence-corrected chi connectivity index (χ3v) is 3.18. The molecule has 18 heavy (non-hydrogen) atoms. The number of nitrogen functional groups attached to an aromatic ring is 1. The van der Waals surface area contributed by atoms with Gasteiger partial charge in [0.25, 0.3) is 0 Å². The molecule has 0 aliphatic rings. The summed E-state index contributed by atoms with van der Waals surface area (Å²) in [4.78, 5) is 20.4. The van der Waals surface area contributed by atoms with Crippen molar-refractivity contribution in [2.45, 2.75) is 9.92 Å². The van der Waals surface area contributed by atoms with Gasteiger partial charge >= 0.3 is 5.97 Å². The Morgan fingerprint density at radius 1 is 1.28 bits per heavy atom. The van der Waals surface area contributed by atoms with Crippen molar-refractivity contribution in [2.75, 3.05) is 12.8 Å². The molecule has 2 N–H and O–H groups in total. The minimum Gasteiger partial charge on any atom is -0.464 e. The van der Waals surface area contributed by atoms with Crippen LogP contribution in [0, 0.1) is 0 Å². The summed E-state index contributed by atoms with van der Waals surface area (Å²) in [6, 6.07) is 6.87. The van der Waals surface area contributed by atoms with Crippen molar-refractivity contribution >= 4 is 23.4 Å². The zero-order chi connectivity index (χ0) is 13.0. The van der Waals surface area contributed by atoms with Crippen LogP contribution < -0.4 is 5.73 Å². The van der Waals surface area contributed by atoms with E-state index in [9.17, 15) is 4.79 Å². The summed E-state index contributed by atoms with van der Waals surface area (Å²) in [7, 11) is 1.32. The molecule has 0 spiro atoms. The number of carbonyl (C=O) groups is 1. The van der Waals surface area contributed by atoms with E-state index in [1.165, 1.54) is 24.9 Å². The predicted octanol–water partition coefficient (Wildman–Crippen LogP) is 2.00. The van der Waals surface area contributed by atoms with Gasteiger partial charge in [-0.05, 0) is 24.3 Å². The highest BCUT2D eigenvalue weighted by Crippen LogP contribution is 2.29. The van der Waals surface area contributed by atoms with E-state index in [4.69, 9.17) is 5.73 Å². The average Bonchev–Trinajstić information content (AvgIpc) is 2.41. The Bertz CT molecular complexity index is 561. The lowest BCUT2D eigenvalue weighted by atomic mass is 10.3. The molecular weight excluding hydrogens is 250 g/mol. The van der Waals surface area contributed by atoms with Crippen molar-refractivity contribution in [3.63, 3.8) is 0 Å². The maximum Gasteiger partial charge on any atom is 0.356 e. The Labute approximate surface area is 108 Å². The van der Waals surface area contributed by atoms with Gasteiger partial charge in [-0.2, -0.15) is 0 Å². The van der Waals surface area contributed by atoms with Crippen LogP contribution in [0.4, 0.5) is 5.69 Å². The molecule has 2 heterocycles. The fourth-order valence-corrected chi connectivity index (χ4v) is 2.08. The number of hydrogen-bond acceptors (Lipinski definition) is 6. The molecule has 0 bridgehead atoms. The van der Waals surface area contributed by atoms with Crippen LogP contribution in [0.15, 0.2) is 46.6 Å². The minimum absolute atomic E-state index is 0.239. The van der Waals surface area contributed by atoms with Gasteiger partial charge in [-0.15, -0.1) is 0 Å². The van der Waals surface area contributed by atoms with Crippen LogP contribution in [0.3, 0.4) is 0 Å². The maximum atomic E-state index is 11.4. The van der Waals surface area contributed by atoms with Gasteiger partial charge in [0.05, 0.1) is 12.8 Å². The molecule has 2 rings (SSSR count). The van der Waals surface area contributed by atoms with Gasteiger partial charge in [0.2, 0.25) is 0 Å². The third-order valence-electron chi connectivity index (χ3n) is 2.15. The van der Waals surface area contributed by atoms with Gasteiger partial charge in [-0.3, -0.25) is 4.98 Å². The number of esters is 1. The number of anilines is 1. The number of nitrogens with two attached hydrogens (primary N) is 1. The quantitative estimate of drug-likeness (QED) is 0.851. The smallest absolute Gasteiger partial charge is 0.356 e. The summed E-state index contributed by atoms with van der Waals surface area (Å²) in [6.07, 6.45) is 3.37. The van der Waals surface area contributed by atoms with E-state index in [0.29, 0.717) is 10.7 Å². The lowest BCUT2D eigenvalue weighted by molar-refractivity contribution is 0.0593. The molecule has 5 nitrogen and oxygen atoms in total. The fraction of sp³-hybridized carbons (Fsp3) is 0.0833. The highest BCUT2D eigenvalue weighted by Gasteiger charge is 2.11. The number of aromatic nitrogens is 2. The molecule has 2 aromatic heterocycles. The summed E-state index contributed by atoms with van der Waals surface area (Å²) in [5.41, 5.74) is 6.58. The largest absolute Gasteiger partial charge is 0.464 e. The SMILES string of the molecule is COC(=O)c1ccc(N)c(Sc2ccncc2)n1. The first-order valence-electron chi connectivity index (χ1n) is 5.13. The summed E-state index contributed by atoms with van der Waals surface area (Å²) in [6.45, 7) is 0. The molecule has 0 amide bonds. The number of methoxy groups -OCH3 is 1. The van der Waals surface area contributed by atoms with Crippen molar-refractivity contribution < 1.29 is 9.53 Å². The highest BCUT2D eigenvalue weighted by molar-refractivity contribution is 7.99. The van der Waals surface area contributed by atoms with Crippen LogP contribution in [0.5, 0.6) is 0 Å². The van der Waals surface area contributed by atoms with Gasteiger partial charge in [-0.25, -0.2) is 9.78 Å². The van der Waals surface area contributed by atoms with Crippen molar-refractivity contribution in [2.24, 2.45) is 0 Å². The Balaban J connectivity index is 2.30. The van der Waals surface area contributed by atoms with Crippen LogP contribution in [0.1, 0.15) is 10.5 Å². The van der Waals surface area contributed by atoms with Crippen molar-refractivity contribution in [3.8, 4) is 0 Å². The number of nitrogens with zero attached hydrogens (tertiary/aromatic N) is 2. The second-order valence-electron chi connectivity index (χ2n) is 3.37. The standard InChI is InChI=1S/C12H11N3O2S/c1-17-12(16)10-3-2-9(13)11(15-10)18-8-4-6-14-7-5-8/h2-7H,13H2,1H3. The monoisotopic (exact) mass is 261 g/mol. The number of pyridine rings is 2. The molecular formula is C12H11N3O2S. The molecule has 0 aromatic carbocycles. The molecule has 0 unspecified atom stereocenters. The van der Waals surface area contributed by atoms with Crippen LogP contribution in [0.25, 0.3) is 0 Å². The molecule has 0 aliphatic heterocycles. The zero-order valence-electron chi connectivity index (χ0n) is 9.66. The lowest BCUT2D eigenvalue weighted by Crippen LogP contribution is -2.05. The van der Waals surface area contributed by atoms with E-state index in [1.54, 1.807) is 18.5 Å². The number of carbonyl (C=O) groups excluding carboxylic acids is 1. The highest BCUT2D eigenvalue weighted by atomic mass is 32.2. The van der Waals surface area contributed by atoms with E-state index in [0.717, 1.165) is 4.90 Å². The van der Waals surface area contributed by atoms with Gasteiger partial charge in [0.15, 0.2) is 0 Å². The van der Waals surface area contributed by atoms with Crippen molar-refractivity contribution in [1.29, 1.82) is 0 Å². The average molecular weight is 261 g/mol. The number of ether oxygens (including phenoxy) is 1. The molecule has 0 radical (unpaired) electrons. The minimum atomic E-state index is -0.480. The second-order valence-corrected chi connectivity index (χ2v) is 4.43. The topological polar surface area (TPSA) is 78.1 Å². The van der Waals surface area contributed by atoms with Crippen LogP contribution >= 0.6 is 11.8 Å². The van der Waals surface area contributed by atoms with Gasteiger partial charge < -0.3 is 10.5 Å². The maximum absolute atomic E-state index is 11.4. The Hall–Kier alpha value is -2.08. The Morgan fingerprint density at radius 2 is 2.00 bits per heavy atom. The summed E-state index contributed by atoms with van der Waals surface area (Å²) >= 11 is 1.37. The summed E-state index contributed by atoms with van der Waals surface area (Å²) < 4.78 is 4.62. The third kappa shape index (κ3) is 2.78. The first-order valence-corrected chi connectivity index (χ1v) is 5.95. The molecule has 0 saturated carbocycles. The van der Waals surface area contributed by atoms with Crippen molar-refractivity contribution in [3.05, 3.63) is 42.4 Å². The second kappa shape index (κ2) is 5.50. The van der Waals surface area contributed by atoms with E-state index in [-0.39, 0.29) is 5.69 Å². The number of rotatable bonds is 3. The van der Waals surface area contributed by atoms with Crippen LogP contribution in [0.2, 0.25) is 0 Å². The lowest BCUT2D eigenvalue weighted by Gasteiger charge is -2.06. The molecule has 0 fully saturated rings.